The van der Waals surface area contributed by atoms with Crippen molar-refractivity contribution in [3.8, 4) is 5.69 Å². The van der Waals surface area contributed by atoms with Crippen LogP contribution in [-0.2, 0) is 0 Å². The molecule has 5 heteroatoms. The van der Waals surface area contributed by atoms with Gasteiger partial charge in [-0.3, -0.25) is 0 Å². The van der Waals surface area contributed by atoms with E-state index in [9.17, 15) is 4.79 Å². The van der Waals surface area contributed by atoms with Crippen LogP contribution in [0.15, 0.2) is 33.8 Å². The average Bonchev–Trinajstić information content (AvgIpc) is 2.57. The second-order valence-electron chi connectivity index (χ2n) is 2.94. The lowest BCUT2D eigenvalue weighted by Crippen LogP contribution is -2.14. The summed E-state index contributed by atoms with van der Waals surface area (Å²) < 4.78 is 2.36. The molecule has 72 valence electrons. The molecule has 0 aliphatic heterocycles. The first-order valence-electron chi connectivity index (χ1n) is 4.07. The number of H-pyrrole nitrogens is 1. The van der Waals surface area contributed by atoms with Gasteiger partial charge in [0, 0.05) is 4.47 Å². The Morgan fingerprint density at radius 1 is 1.50 bits per heavy atom. The molecule has 0 spiro atoms. The van der Waals surface area contributed by atoms with E-state index in [0.717, 1.165) is 15.7 Å². The van der Waals surface area contributed by atoms with Crippen LogP contribution in [0, 0.1) is 6.92 Å². The molecular formula is C9H8BrN3O. The van der Waals surface area contributed by atoms with E-state index in [0.29, 0.717) is 0 Å². The molecule has 1 aromatic carbocycles. The van der Waals surface area contributed by atoms with E-state index in [1.165, 1.54) is 10.9 Å². The molecule has 0 radical (unpaired) electrons. The van der Waals surface area contributed by atoms with Crippen LogP contribution in [0.25, 0.3) is 5.69 Å². The van der Waals surface area contributed by atoms with Crippen LogP contribution >= 0.6 is 15.9 Å². The maximum absolute atomic E-state index is 11.3. The molecule has 2 rings (SSSR count). The molecule has 2 aromatic rings. The number of aryl methyl sites for hydroxylation is 1. The zero-order valence-electron chi connectivity index (χ0n) is 7.49. The van der Waals surface area contributed by atoms with E-state index < -0.39 is 0 Å². The third-order valence-corrected chi connectivity index (χ3v) is 3.01. The van der Waals surface area contributed by atoms with Crippen molar-refractivity contribution in [2.75, 3.05) is 0 Å². The van der Waals surface area contributed by atoms with Crippen LogP contribution in [0.5, 0.6) is 0 Å². The molecule has 0 amide bonds. The highest BCUT2D eigenvalue weighted by Crippen LogP contribution is 2.22. The Bertz CT molecular complexity index is 515. The van der Waals surface area contributed by atoms with Crippen molar-refractivity contribution in [1.82, 2.24) is 14.8 Å². The molecule has 0 atom stereocenters. The van der Waals surface area contributed by atoms with E-state index >= 15 is 0 Å². The van der Waals surface area contributed by atoms with E-state index in [2.05, 4.69) is 26.1 Å². The predicted molar refractivity (Wildman–Crippen MR) is 56.6 cm³/mol. The van der Waals surface area contributed by atoms with Crippen LogP contribution in [0.2, 0.25) is 0 Å². The first-order chi connectivity index (χ1) is 6.70. The monoisotopic (exact) mass is 253 g/mol. The third kappa shape index (κ3) is 1.39. The van der Waals surface area contributed by atoms with E-state index in [1.54, 1.807) is 0 Å². The Hall–Kier alpha value is -1.36. The van der Waals surface area contributed by atoms with Crippen molar-refractivity contribution in [1.29, 1.82) is 0 Å². The molecule has 0 bridgehead atoms. The standard InChI is InChI=1S/C9H8BrN3O/c1-6-3-2-4-7(8(6)10)13-5-11-12-9(13)14/h2-5H,1H3,(H,12,14). The van der Waals surface area contributed by atoms with Crippen molar-refractivity contribution in [2.45, 2.75) is 6.92 Å². The van der Waals surface area contributed by atoms with Gasteiger partial charge in [0.1, 0.15) is 6.33 Å². The van der Waals surface area contributed by atoms with Gasteiger partial charge in [0.2, 0.25) is 0 Å². The number of nitrogens with one attached hydrogen (secondary N) is 1. The van der Waals surface area contributed by atoms with Gasteiger partial charge in [-0.05, 0) is 34.5 Å². The summed E-state index contributed by atoms with van der Waals surface area (Å²) in [6, 6.07) is 5.72. The molecule has 1 N–H and O–H groups in total. The van der Waals surface area contributed by atoms with Gasteiger partial charge in [-0.25, -0.2) is 14.5 Å². The topological polar surface area (TPSA) is 50.7 Å². The summed E-state index contributed by atoms with van der Waals surface area (Å²) in [5, 5.41) is 6.02. The molecule has 14 heavy (non-hydrogen) atoms. The fourth-order valence-electron chi connectivity index (χ4n) is 1.24. The highest BCUT2D eigenvalue weighted by Gasteiger charge is 2.06. The van der Waals surface area contributed by atoms with Crippen LogP contribution in [0.4, 0.5) is 0 Å². The minimum atomic E-state index is -0.240. The Morgan fingerprint density at radius 2 is 2.29 bits per heavy atom. The summed E-state index contributed by atoms with van der Waals surface area (Å²) in [6.45, 7) is 1.97. The molecule has 0 fully saturated rings. The number of hydrogen-bond acceptors (Lipinski definition) is 2. The SMILES string of the molecule is Cc1cccc(-n2cn[nH]c2=O)c1Br. The Kier molecular flexibility index (Phi) is 2.25. The van der Waals surface area contributed by atoms with Gasteiger partial charge in [-0.2, -0.15) is 5.10 Å². The van der Waals surface area contributed by atoms with Crippen LogP contribution < -0.4 is 5.69 Å². The zero-order chi connectivity index (χ0) is 10.1. The molecule has 0 aliphatic rings. The van der Waals surface area contributed by atoms with Crippen LogP contribution in [0.1, 0.15) is 5.56 Å². The molecule has 1 aromatic heterocycles. The van der Waals surface area contributed by atoms with Gasteiger partial charge in [0.25, 0.3) is 0 Å². The maximum atomic E-state index is 11.3. The minimum Gasteiger partial charge on any atom is -0.249 e. The second kappa shape index (κ2) is 3.42. The van der Waals surface area contributed by atoms with Crippen molar-refractivity contribution in [2.24, 2.45) is 0 Å². The molecular weight excluding hydrogens is 246 g/mol. The minimum absolute atomic E-state index is 0.240. The highest BCUT2D eigenvalue weighted by atomic mass is 79.9. The molecule has 0 aliphatic carbocycles. The predicted octanol–water partition coefficient (Wildman–Crippen LogP) is 1.63. The number of halogens is 1. The first kappa shape index (κ1) is 9.21. The Labute approximate surface area is 88.7 Å². The molecule has 4 nitrogen and oxygen atoms in total. The third-order valence-electron chi connectivity index (χ3n) is 1.98. The summed E-state index contributed by atoms with van der Waals surface area (Å²) in [5.41, 5.74) is 1.63. The number of rotatable bonds is 1. The summed E-state index contributed by atoms with van der Waals surface area (Å²) in [5.74, 6) is 0. The summed E-state index contributed by atoms with van der Waals surface area (Å²) in [7, 11) is 0. The highest BCUT2D eigenvalue weighted by molar-refractivity contribution is 9.10. The van der Waals surface area contributed by atoms with Crippen LogP contribution in [0.3, 0.4) is 0 Å². The van der Waals surface area contributed by atoms with Gasteiger partial charge < -0.3 is 0 Å². The second-order valence-corrected chi connectivity index (χ2v) is 3.73. The van der Waals surface area contributed by atoms with Crippen molar-refractivity contribution >= 4 is 15.9 Å². The lowest BCUT2D eigenvalue weighted by molar-refractivity contribution is 0.975. The molecule has 0 saturated carbocycles. The lowest BCUT2D eigenvalue weighted by atomic mass is 10.2. The molecule has 1 heterocycles. The molecule has 0 unspecified atom stereocenters. The summed E-state index contributed by atoms with van der Waals surface area (Å²) >= 11 is 3.43. The number of nitrogens with zero attached hydrogens (tertiary/aromatic N) is 2. The van der Waals surface area contributed by atoms with E-state index in [4.69, 9.17) is 0 Å². The van der Waals surface area contributed by atoms with Crippen LogP contribution in [-0.4, -0.2) is 14.8 Å². The van der Waals surface area contributed by atoms with Gasteiger partial charge in [0.15, 0.2) is 0 Å². The number of aromatic amines is 1. The number of aromatic nitrogens is 3. The van der Waals surface area contributed by atoms with Gasteiger partial charge in [-0.15, -0.1) is 0 Å². The largest absolute Gasteiger partial charge is 0.347 e. The Balaban J connectivity index is 2.69. The Morgan fingerprint density at radius 3 is 2.93 bits per heavy atom. The summed E-state index contributed by atoms with van der Waals surface area (Å²) in [4.78, 5) is 11.3. The van der Waals surface area contributed by atoms with Gasteiger partial charge in [-0.1, -0.05) is 12.1 Å². The van der Waals surface area contributed by atoms with E-state index in [1.807, 2.05) is 25.1 Å². The maximum Gasteiger partial charge on any atom is 0.347 e. The van der Waals surface area contributed by atoms with E-state index in [-0.39, 0.29) is 5.69 Å². The molecule has 0 saturated heterocycles. The quantitative estimate of drug-likeness (QED) is 0.840. The summed E-state index contributed by atoms with van der Waals surface area (Å²) in [6.07, 6.45) is 1.46. The number of benzene rings is 1. The van der Waals surface area contributed by atoms with Crippen molar-refractivity contribution in [3.05, 3.63) is 45.0 Å². The van der Waals surface area contributed by atoms with Gasteiger partial charge in [0.05, 0.1) is 5.69 Å². The normalized spacial score (nSPS) is 10.4. The smallest absolute Gasteiger partial charge is 0.249 e. The van der Waals surface area contributed by atoms with Gasteiger partial charge >= 0.3 is 5.69 Å². The number of hydrogen-bond donors (Lipinski definition) is 1. The van der Waals surface area contributed by atoms with Crippen molar-refractivity contribution in [3.63, 3.8) is 0 Å². The lowest BCUT2D eigenvalue weighted by Gasteiger charge is -2.05. The zero-order valence-corrected chi connectivity index (χ0v) is 9.08. The average molecular weight is 254 g/mol. The fraction of sp³-hybridized carbons (Fsp3) is 0.111. The first-order valence-corrected chi connectivity index (χ1v) is 4.87. The fourth-order valence-corrected chi connectivity index (χ4v) is 1.69. The van der Waals surface area contributed by atoms with Crippen molar-refractivity contribution < 1.29 is 0 Å².